The molecule has 0 heterocycles. The molecule has 0 aliphatic carbocycles. The third-order valence-corrected chi connectivity index (χ3v) is 5.21. The lowest BCUT2D eigenvalue weighted by Crippen LogP contribution is -2.28. The molecule has 1 unspecified atom stereocenters. The van der Waals surface area contributed by atoms with Crippen LogP contribution in [-0.2, 0) is 22.5 Å². The van der Waals surface area contributed by atoms with Gasteiger partial charge in [0.25, 0.3) is 11.3 Å². The van der Waals surface area contributed by atoms with Crippen LogP contribution >= 0.6 is 0 Å². The Labute approximate surface area is 178 Å². The van der Waals surface area contributed by atoms with Crippen molar-refractivity contribution in [1.82, 2.24) is 0 Å². The number of hydrogen-bond donors (Lipinski definition) is 2. The zero-order valence-electron chi connectivity index (χ0n) is 17.0. The fraction of sp³-hybridized carbons (Fsp3) is 0.333. The molecule has 0 saturated heterocycles. The summed E-state index contributed by atoms with van der Waals surface area (Å²) < 4.78 is 33.8. The lowest BCUT2D eigenvalue weighted by molar-refractivity contribution is -0.139. The van der Waals surface area contributed by atoms with E-state index in [-0.39, 0.29) is 12.5 Å². The first-order valence-electron chi connectivity index (χ1n) is 9.20. The summed E-state index contributed by atoms with van der Waals surface area (Å²) in [5.41, 5.74) is 2.33. The molecule has 0 aromatic heterocycles. The Bertz CT molecular complexity index is 970. The molecular formula is C21H24N2O6S. The maximum atomic E-state index is 12.0. The number of anilines is 1. The molecule has 30 heavy (non-hydrogen) atoms. The first kappa shape index (κ1) is 23.2. The molecule has 0 bridgehead atoms. The smallest absolute Gasteiger partial charge is 0.341 e. The number of rotatable bonds is 10. The zero-order chi connectivity index (χ0) is 22.3. The number of methoxy groups -OCH3 is 1. The number of carboxylic acids is 1. The third-order valence-electron chi connectivity index (χ3n) is 4.46. The van der Waals surface area contributed by atoms with Crippen LogP contribution in [0.25, 0.3) is 0 Å². The Morgan fingerprint density at radius 1 is 1.23 bits per heavy atom. The lowest BCUT2D eigenvalue weighted by atomic mass is 9.99. The maximum absolute atomic E-state index is 12.0. The molecule has 160 valence electrons. The van der Waals surface area contributed by atoms with Crippen LogP contribution in [0, 0.1) is 11.3 Å². The third kappa shape index (κ3) is 5.95. The predicted octanol–water partition coefficient (Wildman–Crippen LogP) is 3.34. The normalized spacial score (nSPS) is 11.6. The van der Waals surface area contributed by atoms with Gasteiger partial charge in [-0.15, -0.1) is 0 Å². The molecule has 0 aliphatic rings. The fourth-order valence-corrected chi connectivity index (χ4v) is 3.43. The monoisotopic (exact) mass is 432 g/mol. The minimum atomic E-state index is -2.37. The number of ether oxygens (including phenoxy) is 2. The van der Waals surface area contributed by atoms with E-state index in [0.29, 0.717) is 34.7 Å². The second kappa shape index (κ2) is 10.6. The van der Waals surface area contributed by atoms with Crippen LogP contribution in [-0.4, -0.2) is 40.1 Å². The highest BCUT2D eigenvalue weighted by Gasteiger charge is 2.19. The molecule has 9 heteroatoms. The van der Waals surface area contributed by atoms with E-state index in [0.717, 1.165) is 5.56 Å². The Morgan fingerprint density at radius 3 is 2.53 bits per heavy atom. The van der Waals surface area contributed by atoms with E-state index in [4.69, 9.17) is 19.8 Å². The highest BCUT2D eigenvalue weighted by atomic mass is 32.2. The summed E-state index contributed by atoms with van der Waals surface area (Å²) in [6, 6.07) is 12.1. The Hall–Kier alpha value is -3.09. The van der Waals surface area contributed by atoms with E-state index in [2.05, 4.69) is 0 Å². The van der Waals surface area contributed by atoms with Crippen LogP contribution < -0.4 is 13.8 Å². The van der Waals surface area contributed by atoms with Crippen molar-refractivity contribution in [2.24, 2.45) is 0 Å². The average molecular weight is 432 g/mol. The topological polar surface area (TPSA) is 120 Å². The van der Waals surface area contributed by atoms with Crippen LogP contribution in [0.2, 0.25) is 0 Å². The van der Waals surface area contributed by atoms with Crippen LogP contribution in [0.1, 0.15) is 36.5 Å². The Kier molecular flexibility index (Phi) is 8.21. The van der Waals surface area contributed by atoms with Gasteiger partial charge in [0.15, 0.2) is 6.61 Å². The van der Waals surface area contributed by atoms with Gasteiger partial charge >= 0.3 is 5.97 Å². The highest BCUT2D eigenvalue weighted by Crippen LogP contribution is 2.31. The summed E-state index contributed by atoms with van der Waals surface area (Å²) in [5, 5.41) is 18.1. The van der Waals surface area contributed by atoms with Gasteiger partial charge in [-0.1, -0.05) is 26.0 Å². The predicted molar refractivity (Wildman–Crippen MR) is 113 cm³/mol. The molecule has 2 aromatic rings. The number of carbonyl (C=O) groups is 1. The summed E-state index contributed by atoms with van der Waals surface area (Å²) in [6.07, 6.45) is 0.305. The molecule has 0 saturated carbocycles. The van der Waals surface area contributed by atoms with Gasteiger partial charge in [0, 0.05) is 6.54 Å². The van der Waals surface area contributed by atoms with Crippen molar-refractivity contribution in [1.29, 1.82) is 5.26 Å². The van der Waals surface area contributed by atoms with Gasteiger partial charge < -0.3 is 14.6 Å². The number of benzene rings is 2. The van der Waals surface area contributed by atoms with Gasteiger partial charge in [-0.3, -0.25) is 8.86 Å². The molecule has 2 aromatic carbocycles. The van der Waals surface area contributed by atoms with Crippen molar-refractivity contribution < 1.29 is 28.1 Å². The summed E-state index contributed by atoms with van der Waals surface area (Å²) >= 11 is -2.37. The van der Waals surface area contributed by atoms with Crippen LogP contribution in [0.3, 0.4) is 0 Å². The number of nitrogens with zero attached hydrogens (tertiary/aromatic N) is 2. The summed E-state index contributed by atoms with van der Waals surface area (Å²) in [5.74, 6) is -0.0865. The highest BCUT2D eigenvalue weighted by molar-refractivity contribution is 7.80. The molecule has 8 nitrogen and oxygen atoms in total. The van der Waals surface area contributed by atoms with E-state index < -0.39 is 23.8 Å². The second-order valence-corrected chi connectivity index (χ2v) is 7.69. The van der Waals surface area contributed by atoms with Crippen LogP contribution in [0.5, 0.6) is 11.5 Å². The molecule has 2 N–H and O–H groups in total. The van der Waals surface area contributed by atoms with Crippen molar-refractivity contribution >= 4 is 22.9 Å². The van der Waals surface area contributed by atoms with Gasteiger partial charge in [0.05, 0.1) is 24.4 Å². The van der Waals surface area contributed by atoms with Crippen molar-refractivity contribution in [3.05, 3.63) is 53.1 Å². The average Bonchev–Trinajstić information content (AvgIpc) is 2.72. The minimum Gasteiger partial charge on any atom is -0.495 e. The summed E-state index contributed by atoms with van der Waals surface area (Å²) in [6.45, 7) is 3.66. The van der Waals surface area contributed by atoms with E-state index in [9.17, 15) is 13.6 Å². The standard InChI is InChI=1S/C21H24N2O6S/c1-14(2)17-6-5-16(20(11-17)29-13-21(24)25)8-9-23(30(26)27)18-10-15(12-22)4-7-19(18)28-3/h4-7,10-11,14H,8-9,13H2,1-3H3,(H,24,25)(H,26,27). The zero-order valence-corrected chi connectivity index (χ0v) is 17.8. The Balaban J connectivity index is 2.34. The fourth-order valence-electron chi connectivity index (χ4n) is 2.87. The van der Waals surface area contributed by atoms with Gasteiger partial charge in [0.2, 0.25) is 0 Å². The van der Waals surface area contributed by atoms with E-state index >= 15 is 0 Å². The van der Waals surface area contributed by atoms with Crippen molar-refractivity contribution in [2.45, 2.75) is 26.2 Å². The van der Waals surface area contributed by atoms with E-state index in [1.165, 1.54) is 17.5 Å². The molecule has 0 fully saturated rings. The van der Waals surface area contributed by atoms with Crippen LogP contribution in [0.4, 0.5) is 5.69 Å². The van der Waals surface area contributed by atoms with Gasteiger partial charge in [-0.25, -0.2) is 9.00 Å². The van der Waals surface area contributed by atoms with E-state index in [1.807, 2.05) is 32.0 Å². The van der Waals surface area contributed by atoms with E-state index in [1.54, 1.807) is 18.2 Å². The molecule has 0 spiro atoms. The summed E-state index contributed by atoms with van der Waals surface area (Å²) in [4.78, 5) is 10.9. The lowest BCUT2D eigenvalue weighted by Gasteiger charge is -2.23. The molecular weight excluding hydrogens is 408 g/mol. The molecule has 2 rings (SSSR count). The van der Waals surface area contributed by atoms with Gasteiger partial charge in [-0.2, -0.15) is 5.26 Å². The van der Waals surface area contributed by atoms with Crippen molar-refractivity contribution in [3.63, 3.8) is 0 Å². The molecule has 0 radical (unpaired) electrons. The summed E-state index contributed by atoms with van der Waals surface area (Å²) in [7, 11) is 1.44. The van der Waals surface area contributed by atoms with Crippen molar-refractivity contribution in [3.8, 4) is 17.6 Å². The molecule has 0 aliphatic heterocycles. The number of aliphatic carboxylic acids is 1. The first-order valence-corrected chi connectivity index (χ1v) is 10.3. The number of hydrogen-bond acceptors (Lipinski definition) is 5. The Morgan fingerprint density at radius 2 is 1.97 bits per heavy atom. The quantitative estimate of drug-likeness (QED) is 0.553. The number of carboxylic acid groups (broad SMARTS) is 1. The first-order chi connectivity index (χ1) is 14.3. The molecule has 0 amide bonds. The van der Waals surface area contributed by atoms with Gasteiger partial charge in [0.1, 0.15) is 11.5 Å². The SMILES string of the molecule is COc1ccc(C#N)cc1N(CCc1ccc(C(C)C)cc1OCC(=O)O)S(=O)O. The van der Waals surface area contributed by atoms with Gasteiger partial charge in [-0.05, 0) is 47.7 Å². The molecule has 1 atom stereocenters. The maximum Gasteiger partial charge on any atom is 0.341 e. The largest absolute Gasteiger partial charge is 0.495 e. The number of nitriles is 1. The van der Waals surface area contributed by atoms with Crippen LogP contribution in [0.15, 0.2) is 36.4 Å². The van der Waals surface area contributed by atoms with Crippen molar-refractivity contribution in [2.75, 3.05) is 24.6 Å². The second-order valence-electron chi connectivity index (χ2n) is 6.79. The minimum absolute atomic E-state index is 0.110.